The Hall–Kier alpha value is -1.63. The molecule has 1 aromatic heterocycles. The first kappa shape index (κ1) is 15.8. The molecule has 1 heterocycles. The van der Waals surface area contributed by atoms with E-state index in [0.717, 1.165) is 15.7 Å². The highest BCUT2D eigenvalue weighted by molar-refractivity contribution is 8.01. The number of halogens is 1. The largest absolute Gasteiger partial charge is 0.297 e. The maximum atomic E-state index is 11.8. The summed E-state index contributed by atoms with van der Waals surface area (Å²) in [6, 6.07) is 7.30. The summed E-state index contributed by atoms with van der Waals surface area (Å²) in [5.41, 5.74) is 0.786. The van der Waals surface area contributed by atoms with Crippen LogP contribution < -0.4 is 5.32 Å². The maximum Gasteiger partial charge on any atom is 0.250 e. The number of hydrogen-bond donors (Lipinski definition) is 1. The van der Waals surface area contributed by atoms with E-state index >= 15 is 0 Å². The van der Waals surface area contributed by atoms with Crippen LogP contribution >= 0.6 is 34.7 Å². The van der Waals surface area contributed by atoms with Crippen LogP contribution in [-0.2, 0) is 4.79 Å². The van der Waals surface area contributed by atoms with Gasteiger partial charge in [-0.15, -0.1) is 16.8 Å². The molecular weight excluding hydrogens is 326 g/mol. The third-order valence-electron chi connectivity index (χ3n) is 2.28. The molecule has 7 heteroatoms. The molecule has 2 aromatic rings. The first-order valence-corrected chi connectivity index (χ1v) is 8.18. The average Bonchev–Trinajstić information content (AvgIpc) is 2.91. The minimum Gasteiger partial charge on any atom is -0.297 e. The van der Waals surface area contributed by atoms with Crippen molar-refractivity contribution in [1.82, 2.24) is 10.2 Å². The van der Waals surface area contributed by atoms with Crippen LogP contribution in [0.4, 0.5) is 5.13 Å². The number of hydrogen-bond acceptors (Lipinski definition) is 5. The fourth-order valence-electron chi connectivity index (χ4n) is 1.37. The van der Waals surface area contributed by atoms with E-state index in [1.165, 1.54) is 29.2 Å². The Balaban J connectivity index is 1.94. The molecule has 0 atom stereocenters. The van der Waals surface area contributed by atoms with Crippen molar-refractivity contribution in [2.45, 2.75) is 4.34 Å². The summed E-state index contributed by atoms with van der Waals surface area (Å²) in [5.74, 6) is 0.487. The third-order valence-corrected chi connectivity index (χ3v) is 4.59. The van der Waals surface area contributed by atoms with E-state index in [0.29, 0.717) is 10.2 Å². The maximum absolute atomic E-state index is 11.8. The van der Waals surface area contributed by atoms with Gasteiger partial charge in [0, 0.05) is 16.9 Å². The molecule has 0 aliphatic carbocycles. The fourth-order valence-corrected chi connectivity index (χ4v) is 3.09. The van der Waals surface area contributed by atoms with Crippen LogP contribution in [0.3, 0.4) is 0 Å². The molecule has 0 saturated heterocycles. The second kappa shape index (κ2) is 7.97. The number of carbonyl (C=O) groups is 1. The van der Waals surface area contributed by atoms with Crippen molar-refractivity contribution in [2.24, 2.45) is 0 Å². The van der Waals surface area contributed by atoms with E-state index < -0.39 is 0 Å². The molecule has 1 N–H and O–H groups in total. The van der Waals surface area contributed by atoms with Crippen LogP contribution in [0.5, 0.6) is 0 Å². The number of nitrogens with zero attached hydrogens (tertiary/aromatic N) is 2. The molecule has 0 bridgehead atoms. The third kappa shape index (κ3) is 5.00. The summed E-state index contributed by atoms with van der Waals surface area (Å²) in [4.78, 5) is 11.8. The lowest BCUT2D eigenvalue weighted by molar-refractivity contribution is -0.111. The Kier molecular flexibility index (Phi) is 5.98. The van der Waals surface area contributed by atoms with Crippen molar-refractivity contribution in [2.75, 3.05) is 11.1 Å². The molecule has 0 aliphatic heterocycles. The predicted molar refractivity (Wildman–Crippen MR) is 89.9 cm³/mol. The van der Waals surface area contributed by atoms with Gasteiger partial charge in [0.1, 0.15) is 0 Å². The molecule has 108 valence electrons. The Bertz CT molecular complexity index is 670. The molecule has 0 saturated carbocycles. The second-order valence-electron chi connectivity index (χ2n) is 3.82. The molecule has 2 rings (SSSR count). The molecule has 0 fully saturated rings. The first-order chi connectivity index (χ1) is 10.2. The summed E-state index contributed by atoms with van der Waals surface area (Å²) in [6.45, 7) is 3.64. The van der Waals surface area contributed by atoms with Crippen molar-refractivity contribution < 1.29 is 4.79 Å². The Morgan fingerprint density at radius 3 is 3.00 bits per heavy atom. The van der Waals surface area contributed by atoms with Gasteiger partial charge in [0.15, 0.2) is 4.34 Å². The van der Waals surface area contributed by atoms with Crippen LogP contribution in [0.2, 0.25) is 5.02 Å². The number of carbonyl (C=O) groups excluding carboxylic acids is 1. The van der Waals surface area contributed by atoms with E-state index in [9.17, 15) is 4.79 Å². The predicted octanol–water partition coefficient (Wildman–Crippen LogP) is 4.12. The minimum atomic E-state index is -0.272. The van der Waals surface area contributed by atoms with Gasteiger partial charge >= 0.3 is 0 Å². The Morgan fingerprint density at radius 2 is 2.24 bits per heavy atom. The summed E-state index contributed by atoms with van der Waals surface area (Å²) in [7, 11) is 0. The van der Waals surface area contributed by atoms with Gasteiger partial charge in [0.25, 0.3) is 0 Å². The highest BCUT2D eigenvalue weighted by Gasteiger charge is 2.06. The number of anilines is 1. The van der Waals surface area contributed by atoms with E-state index in [1.807, 2.05) is 18.2 Å². The number of nitrogens with one attached hydrogen (secondary N) is 1. The summed E-state index contributed by atoms with van der Waals surface area (Å²) < 4.78 is 0.792. The topological polar surface area (TPSA) is 54.9 Å². The number of benzene rings is 1. The van der Waals surface area contributed by atoms with Crippen molar-refractivity contribution in [1.29, 1.82) is 0 Å². The number of thioether (sulfide) groups is 1. The van der Waals surface area contributed by atoms with Gasteiger partial charge in [-0.1, -0.05) is 59.0 Å². The zero-order valence-electron chi connectivity index (χ0n) is 11.0. The van der Waals surface area contributed by atoms with E-state index in [4.69, 9.17) is 11.6 Å². The fraction of sp³-hybridized carbons (Fsp3) is 0.0714. The Labute approximate surface area is 135 Å². The van der Waals surface area contributed by atoms with Crippen LogP contribution in [0.15, 0.2) is 47.3 Å². The number of rotatable bonds is 6. The molecule has 21 heavy (non-hydrogen) atoms. The van der Waals surface area contributed by atoms with Crippen molar-refractivity contribution in [3.05, 3.63) is 53.6 Å². The van der Waals surface area contributed by atoms with Gasteiger partial charge in [0.05, 0.1) is 0 Å². The standard InChI is InChI=1S/C14H12ClN3OS2/c1-2-9-20-14-18-17-13(21-14)16-12(19)8-7-10-5-3-4-6-11(10)15/h2-8H,1,9H2,(H,16,17,19)/b8-7+. The highest BCUT2D eigenvalue weighted by Crippen LogP contribution is 2.25. The van der Waals surface area contributed by atoms with Crippen LogP contribution in [0.25, 0.3) is 6.08 Å². The molecule has 1 aromatic carbocycles. The molecule has 4 nitrogen and oxygen atoms in total. The molecule has 0 spiro atoms. The zero-order valence-corrected chi connectivity index (χ0v) is 13.3. The Morgan fingerprint density at radius 1 is 1.43 bits per heavy atom. The van der Waals surface area contributed by atoms with Gasteiger partial charge < -0.3 is 0 Å². The lowest BCUT2D eigenvalue weighted by Gasteiger charge is -1.97. The van der Waals surface area contributed by atoms with Crippen LogP contribution in [0.1, 0.15) is 5.56 Å². The highest BCUT2D eigenvalue weighted by atomic mass is 35.5. The SMILES string of the molecule is C=CCSc1nnc(NC(=O)/C=C/c2ccccc2Cl)s1. The van der Waals surface area contributed by atoms with Gasteiger partial charge in [-0.25, -0.2) is 0 Å². The number of amides is 1. The molecule has 0 unspecified atom stereocenters. The zero-order chi connectivity index (χ0) is 15.1. The lowest BCUT2D eigenvalue weighted by Crippen LogP contribution is -2.07. The first-order valence-electron chi connectivity index (χ1n) is 6.00. The van der Waals surface area contributed by atoms with Gasteiger partial charge in [0.2, 0.25) is 11.0 Å². The van der Waals surface area contributed by atoms with E-state index in [1.54, 1.807) is 18.2 Å². The molecule has 0 aliphatic rings. The van der Waals surface area contributed by atoms with Crippen LogP contribution in [-0.4, -0.2) is 21.9 Å². The average molecular weight is 338 g/mol. The van der Waals surface area contributed by atoms with Gasteiger partial charge in [-0.2, -0.15) is 0 Å². The quantitative estimate of drug-likeness (QED) is 0.373. The number of aromatic nitrogens is 2. The molecule has 0 radical (unpaired) electrons. The monoisotopic (exact) mass is 337 g/mol. The minimum absolute atomic E-state index is 0.272. The summed E-state index contributed by atoms with van der Waals surface area (Å²) in [5, 5.41) is 11.6. The molecule has 1 amide bonds. The van der Waals surface area contributed by atoms with Crippen molar-refractivity contribution in [3.8, 4) is 0 Å². The normalized spacial score (nSPS) is 10.7. The van der Waals surface area contributed by atoms with Gasteiger partial charge in [-0.3, -0.25) is 10.1 Å². The summed E-state index contributed by atoms with van der Waals surface area (Å²) in [6.07, 6.45) is 4.86. The smallest absolute Gasteiger partial charge is 0.250 e. The molecular formula is C14H12ClN3OS2. The van der Waals surface area contributed by atoms with E-state index in [-0.39, 0.29) is 5.91 Å². The second-order valence-corrected chi connectivity index (χ2v) is 6.47. The summed E-state index contributed by atoms with van der Waals surface area (Å²) >= 11 is 8.85. The van der Waals surface area contributed by atoms with Gasteiger partial charge in [-0.05, 0) is 17.7 Å². The van der Waals surface area contributed by atoms with Crippen molar-refractivity contribution in [3.63, 3.8) is 0 Å². The lowest BCUT2D eigenvalue weighted by atomic mass is 10.2. The van der Waals surface area contributed by atoms with Crippen LogP contribution in [0, 0.1) is 0 Å². The van der Waals surface area contributed by atoms with Crippen molar-refractivity contribution >= 4 is 51.8 Å². The van der Waals surface area contributed by atoms with E-state index in [2.05, 4.69) is 22.1 Å².